The third kappa shape index (κ3) is 6.61. The fourth-order valence-corrected chi connectivity index (χ4v) is 2.87. The van der Waals surface area contributed by atoms with Gasteiger partial charge in [0.05, 0.1) is 13.2 Å². The Morgan fingerprint density at radius 1 is 1.04 bits per heavy atom. The summed E-state index contributed by atoms with van der Waals surface area (Å²) in [7, 11) is 0. The van der Waals surface area contributed by atoms with Crippen molar-refractivity contribution in [2.45, 2.75) is 51.9 Å². The Morgan fingerprint density at radius 2 is 1.70 bits per heavy atom. The zero-order chi connectivity index (χ0) is 16.3. The number of anilines is 2. The van der Waals surface area contributed by atoms with Crippen molar-refractivity contribution in [2.24, 2.45) is 0 Å². The van der Waals surface area contributed by atoms with E-state index in [2.05, 4.69) is 29.3 Å². The smallest absolute Gasteiger partial charge is 0.224 e. The summed E-state index contributed by atoms with van der Waals surface area (Å²) in [6.07, 6.45) is 7.88. The number of ether oxygens (including phenoxy) is 1. The van der Waals surface area contributed by atoms with Gasteiger partial charge in [-0.05, 0) is 30.7 Å². The maximum atomic E-state index is 11.9. The summed E-state index contributed by atoms with van der Waals surface area (Å²) in [5, 5.41) is 2.99. The number of unbranched alkanes of at least 4 members (excludes halogenated alkanes) is 5. The largest absolute Gasteiger partial charge is 0.378 e. The number of hydrogen-bond acceptors (Lipinski definition) is 3. The highest BCUT2D eigenvalue weighted by Gasteiger charge is 2.11. The summed E-state index contributed by atoms with van der Waals surface area (Å²) in [4.78, 5) is 14.3. The molecule has 0 spiro atoms. The molecule has 4 nitrogen and oxygen atoms in total. The summed E-state index contributed by atoms with van der Waals surface area (Å²) in [6.45, 7) is 5.67. The Morgan fingerprint density at radius 3 is 2.39 bits per heavy atom. The maximum absolute atomic E-state index is 11.9. The van der Waals surface area contributed by atoms with Gasteiger partial charge < -0.3 is 15.0 Å². The number of hydrogen-bond donors (Lipinski definition) is 1. The first-order chi connectivity index (χ1) is 11.3. The predicted octanol–water partition coefficient (Wildman–Crippen LogP) is 4.21. The van der Waals surface area contributed by atoms with Gasteiger partial charge in [0.2, 0.25) is 5.91 Å². The lowest BCUT2D eigenvalue weighted by molar-refractivity contribution is -0.116. The van der Waals surface area contributed by atoms with Crippen molar-refractivity contribution in [3.8, 4) is 0 Å². The summed E-state index contributed by atoms with van der Waals surface area (Å²) in [6, 6.07) is 8.13. The number of nitrogens with zero attached hydrogens (tertiary/aromatic N) is 1. The summed E-state index contributed by atoms with van der Waals surface area (Å²) < 4.78 is 5.37. The normalized spacial score (nSPS) is 14.7. The summed E-state index contributed by atoms with van der Waals surface area (Å²) in [5.74, 6) is 0.125. The number of benzene rings is 1. The van der Waals surface area contributed by atoms with Crippen molar-refractivity contribution in [1.29, 1.82) is 0 Å². The van der Waals surface area contributed by atoms with E-state index in [1.165, 1.54) is 31.4 Å². The van der Waals surface area contributed by atoms with Crippen molar-refractivity contribution in [1.82, 2.24) is 0 Å². The third-order valence-electron chi connectivity index (χ3n) is 4.28. The number of carbonyl (C=O) groups excluding carboxylic acids is 1. The van der Waals surface area contributed by atoms with Crippen LogP contribution >= 0.6 is 0 Å². The molecule has 1 aliphatic rings. The number of morpholine rings is 1. The molecule has 0 saturated carbocycles. The van der Waals surface area contributed by atoms with Crippen LogP contribution in [0.3, 0.4) is 0 Å². The highest BCUT2D eigenvalue weighted by Crippen LogP contribution is 2.19. The van der Waals surface area contributed by atoms with Crippen LogP contribution in [0.15, 0.2) is 24.3 Å². The van der Waals surface area contributed by atoms with Crippen LogP contribution in [0.4, 0.5) is 11.4 Å². The van der Waals surface area contributed by atoms with E-state index >= 15 is 0 Å². The van der Waals surface area contributed by atoms with Crippen molar-refractivity contribution in [3.05, 3.63) is 24.3 Å². The fourth-order valence-electron chi connectivity index (χ4n) is 2.87. The third-order valence-corrected chi connectivity index (χ3v) is 4.28. The van der Waals surface area contributed by atoms with E-state index in [1.54, 1.807) is 0 Å². The van der Waals surface area contributed by atoms with E-state index in [0.29, 0.717) is 6.42 Å². The molecule has 1 aliphatic heterocycles. The number of carbonyl (C=O) groups is 1. The lowest BCUT2D eigenvalue weighted by Crippen LogP contribution is -2.36. The molecular weight excluding hydrogens is 288 g/mol. The SMILES string of the molecule is CCCCCCCCC(=O)Nc1ccc(N2CCOCC2)cc1. The fraction of sp³-hybridized carbons (Fsp3) is 0.632. The van der Waals surface area contributed by atoms with E-state index in [4.69, 9.17) is 4.74 Å². The molecule has 1 saturated heterocycles. The van der Waals surface area contributed by atoms with Gasteiger partial charge in [0.1, 0.15) is 0 Å². The highest BCUT2D eigenvalue weighted by molar-refractivity contribution is 5.90. The van der Waals surface area contributed by atoms with E-state index in [9.17, 15) is 4.79 Å². The first-order valence-corrected chi connectivity index (χ1v) is 9.02. The minimum absolute atomic E-state index is 0.125. The van der Waals surface area contributed by atoms with Crippen LogP contribution in [-0.4, -0.2) is 32.2 Å². The van der Waals surface area contributed by atoms with Gasteiger partial charge in [-0.15, -0.1) is 0 Å². The van der Waals surface area contributed by atoms with Crippen molar-refractivity contribution >= 4 is 17.3 Å². The molecule has 0 bridgehead atoms. The summed E-state index contributed by atoms with van der Waals surface area (Å²) in [5.41, 5.74) is 2.08. The average Bonchev–Trinajstić information content (AvgIpc) is 2.59. The van der Waals surface area contributed by atoms with Gasteiger partial charge in [-0.1, -0.05) is 39.0 Å². The van der Waals surface area contributed by atoms with Crippen molar-refractivity contribution < 1.29 is 9.53 Å². The van der Waals surface area contributed by atoms with Gasteiger partial charge in [-0.25, -0.2) is 0 Å². The monoisotopic (exact) mass is 318 g/mol. The van der Waals surface area contributed by atoms with E-state index in [1.807, 2.05) is 12.1 Å². The molecule has 2 rings (SSSR count). The van der Waals surface area contributed by atoms with Gasteiger partial charge in [0, 0.05) is 30.9 Å². The topological polar surface area (TPSA) is 41.6 Å². The zero-order valence-electron chi connectivity index (χ0n) is 14.4. The van der Waals surface area contributed by atoms with E-state index < -0.39 is 0 Å². The first kappa shape index (κ1) is 17.8. The quantitative estimate of drug-likeness (QED) is 0.693. The molecule has 1 heterocycles. The molecule has 1 amide bonds. The zero-order valence-corrected chi connectivity index (χ0v) is 14.4. The predicted molar refractivity (Wildman–Crippen MR) is 96.1 cm³/mol. The molecule has 4 heteroatoms. The number of amides is 1. The standard InChI is InChI=1S/C19H30N2O2/c1-2-3-4-5-6-7-8-19(22)20-17-9-11-18(12-10-17)21-13-15-23-16-14-21/h9-12H,2-8,13-16H2,1H3,(H,20,22). The molecule has 23 heavy (non-hydrogen) atoms. The second-order valence-corrected chi connectivity index (χ2v) is 6.21. The Labute approximate surface area is 140 Å². The molecule has 0 unspecified atom stereocenters. The molecule has 1 fully saturated rings. The second kappa shape index (κ2) is 10.3. The molecule has 0 aromatic heterocycles. The van der Waals surface area contributed by atoms with Crippen LogP contribution in [0, 0.1) is 0 Å². The van der Waals surface area contributed by atoms with E-state index in [0.717, 1.165) is 44.8 Å². The lowest BCUT2D eigenvalue weighted by atomic mass is 10.1. The first-order valence-electron chi connectivity index (χ1n) is 9.02. The number of rotatable bonds is 9. The maximum Gasteiger partial charge on any atom is 0.224 e. The Kier molecular flexibility index (Phi) is 7.95. The minimum atomic E-state index is 0.125. The van der Waals surface area contributed by atoms with Crippen LogP contribution < -0.4 is 10.2 Å². The molecular formula is C19H30N2O2. The molecule has 0 atom stereocenters. The van der Waals surface area contributed by atoms with Gasteiger partial charge >= 0.3 is 0 Å². The second-order valence-electron chi connectivity index (χ2n) is 6.21. The molecule has 1 N–H and O–H groups in total. The van der Waals surface area contributed by atoms with Crippen LogP contribution in [0.25, 0.3) is 0 Å². The van der Waals surface area contributed by atoms with Crippen LogP contribution in [0.2, 0.25) is 0 Å². The van der Waals surface area contributed by atoms with Crippen LogP contribution in [-0.2, 0) is 9.53 Å². The lowest BCUT2D eigenvalue weighted by Gasteiger charge is -2.28. The van der Waals surface area contributed by atoms with Gasteiger partial charge in [-0.2, -0.15) is 0 Å². The minimum Gasteiger partial charge on any atom is -0.378 e. The molecule has 128 valence electrons. The highest BCUT2D eigenvalue weighted by atomic mass is 16.5. The van der Waals surface area contributed by atoms with Gasteiger partial charge in [0.15, 0.2) is 0 Å². The Hall–Kier alpha value is -1.55. The Balaban J connectivity index is 1.67. The number of nitrogens with one attached hydrogen (secondary N) is 1. The summed E-state index contributed by atoms with van der Waals surface area (Å²) >= 11 is 0. The van der Waals surface area contributed by atoms with Gasteiger partial charge in [-0.3, -0.25) is 4.79 Å². The average molecular weight is 318 g/mol. The van der Waals surface area contributed by atoms with E-state index in [-0.39, 0.29) is 5.91 Å². The van der Waals surface area contributed by atoms with Crippen molar-refractivity contribution in [3.63, 3.8) is 0 Å². The molecule has 1 aromatic carbocycles. The Bertz CT molecular complexity index is 453. The molecule has 0 aliphatic carbocycles. The molecule has 1 aromatic rings. The molecule has 0 radical (unpaired) electrons. The van der Waals surface area contributed by atoms with Gasteiger partial charge in [0.25, 0.3) is 0 Å². The van der Waals surface area contributed by atoms with Crippen molar-refractivity contribution in [2.75, 3.05) is 36.5 Å². The van der Waals surface area contributed by atoms with Crippen LogP contribution in [0.5, 0.6) is 0 Å². The van der Waals surface area contributed by atoms with Crippen LogP contribution in [0.1, 0.15) is 51.9 Å².